The van der Waals surface area contributed by atoms with E-state index in [-0.39, 0.29) is 5.69 Å². The van der Waals surface area contributed by atoms with Crippen molar-refractivity contribution in [3.05, 3.63) is 52.9 Å². The first-order valence-corrected chi connectivity index (χ1v) is 10.6. The second kappa shape index (κ2) is 6.53. The predicted molar refractivity (Wildman–Crippen MR) is 100 cm³/mol. The molecule has 0 spiro atoms. The monoisotopic (exact) mass is 393 g/mol. The van der Waals surface area contributed by atoms with Crippen molar-refractivity contribution in [3.8, 4) is 11.5 Å². The average Bonchev–Trinajstić information content (AvgIpc) is 3.25. The van der Waals surface area contributed by atoms with Crippen molar-refractivity contribution < 1.29 is 22.7 Å². The quantitative estimate of drug-likeness (QED) is 0.676. The van der Waals surface area contributed by atoms with E-state index < -0.39 is 22.1 Å². The van der Waals surface area contributed by atoms with Crippen LogP contribution in [0.5, 0.6) is 11.5 Å². The van der Waals surface area contributed by atoms with E-state index >= 15 is 0 Å². The minimum Gasteiger partial charge on any atom is -0.456 e. The topological polar surface area (TPSA) is 75.6 Å². The average molecular weight is 393 g/mol. The smallest absolute Gasteiger partial charge is 0.262 e. The first kappa shape index (κ1) is 17.3. The van der Waals surface area contributed by atoms with Crippen LogP contribution in [0, 0.1) is 0 Å². The molecule has 1 aliphatic carbocycles. The number of sulfonamides is 1. The van der Waals surface area contributed by atoms with Crippen LogP contribution in [-0.2, 0) is 16.4 Å². The van der Waals surface area contributed by atoms with Gasteiger partial charge in [0, 0.05) is 21.2 Å². The van der Waals surface area contributed by atoms with Crippen molar-refractivity contribution in [2.45, 2.75) is 18.9 Å². The van der Waals surface area contributed by atoms with Crippen molar-refractivity contribution in [1.82, 2.24) is 0 Å². The molecule has 0 radical (unpaired) electrons. The maximum Gasteiger partial charge on any atom is 0.262 e. The fourth-order valence-electron chi connectivity index (χ4n) is 3.26. The van der Waals surface area contributed by atoms with Gasteiger partial charge in [0.05, 0.1) is 11.8 Å². The molecule has 1 atom stereocenters. The lowest BCUT2D eigenvalue weighted by Crippen LogP contribution is -2.16. The predicted octanol–water partition coefficient (Wildman–Crippen LogP) is 4.34. The number of hydrogen-bond acceptors (Lipinski definition) is 5. The maximum absolute atomic E-state index is 12.7. The van der Waals surface area contributed by atoms with E-state index in [0.29, 0.717) is 29.9 Å². The molecule has 1 aromatic heterocycles. The van der Waals surface area contributed by atoms with Crippen LogP contribution in [0.2, 0.25) is 0 Å². The zero-order valence-corrected chi connectivity index (χ0v) is 15.2. The molecule has 26 heavy (non-hydrogen) atoms. The molecule has 4 rings (SSSR count). The molecule has 2 N–H and O–H groups in total. The zero-order valence-electron chi connectivity index (χ0n) is 13.6. The Bertz CT molecular complexity index is 1080. The summed E-state index contributed by atoms with van der Waals surface area (Å²) in [5.74, 6) is 1.27. The van der Waals surface area contributed by atoms with Gasteiger partial charge in [-0.3, -0.25) is 4.72 Å². The molecule has 0 saturated heterocycles. The highest BCUT2D eigenvalue weighted by molar-refractivity contribution is 7.92. The SMILES string of the molecule is O=S(=O)(CF)Nc1ccc(Oc2cccc3sccc23)c2c1C(O)CC2. The second-order valence-corrected chi connectivity index (χ2v) is 8.67. The van der Waals surface area contributed by atoms with Crippen LogP contribution < -0.4 is 9.46 Å². The van der Waals surface area contributed by atoms with Gasteiger partial charge in [-0.25, -0.2) is 12.8 Å². The van der Waals surface area contributed by atoms with Crippen molar-refractivity contribution in [3.63, 3.8) is 0 Å². The van der Waals surface area contributed by atoms with Gasteiger partial charge in [0.25, 0.3) is 10.0 Å². The third-order valence-corrected chi connectivity index (χ3v) is 6.10. The van der Waals surface area contributed by atoms with E-state index in [9.17, 15) is 17.9 Å². The first-order valence-electron chi connectivity index (χ1n) is 8.03. The van der Waals surface area contributed by atoms with Crippen LogP contribution in [0.1, 0.15) is 23.7 Å². The molecule has 0 amide bonds. The third-order valence-electron chi connectivity index (χ3n) is 4.40. The molecule has 1 unspecified atom stereocenters. The number of halogens is 1. The minimum absolute atomic E-state index is 0.198. The van der Waals surface area contributed by atoms with Gasteiger partial charge in [-0.05, 0) is 48.6 Å². The van der Waals surface area contributed by atoms with Crippen LogP contribution in [0.4, 0.5) is 10.1 Å². The Morgan fingerprint density at radius 2 is 2.08 bits per heavy atom. The van der Waals surface area contributed by atoms with Gasteiger partial charge in [-0.2, -0.15) is 0 Å². The highest BCUT2D eigenvalue weighted by atomic mass is 32.2. The van der Waals surface area contributed by atoms with E-state index in [4.69, 9.17) is 4.74 Å². The van der Waals surface area contributed by atoms with Crippen LogP contribution in [0.15, 0.2) is 41.8 Å². The highest BCUT2D eigenvalue weighted by Gasteiger charge is 2.29. The molecular weight excluding hydrogens is 377 g/mol. The van der Waals surface area contributed by atoms with Crippen molar-refractivity contribution in [2.24, 2.45) is 0 Å². The molecule has 1 heterocycles. The van der Waals surface area contributed by atoms with Crippen LogP contribution in [0.25, 0.3) is 10.1 Å². The lowest BCUT2D eigenvalue weighted by Gasteiger charge is -2.16. The summed E-state index contributed by atoms with van der Waals surface area (Å²) in [5, 5.41) is 13.3. The Morgan fingerprint density at radius 1 is 1.23 bits per heavy atom. The summed E-state index contributed by atoms with van der Waals surface area (Å²) in [5.41, 5.74) is 1.39. The fraction of sp³-hybridized carbons (Fsp3) is 0.222. The summed E-state index contributed by atoms with van der Waals surface area (Å²) in [4.78, 5) is 0. The number of aliphatic hydroxyl groups excluding tert-OH is 1. The standard InChI is InChI=1S/C18H16FNO4S2/c19-10-26(22,23)20-13-5-7-16(12-4-6-14(21)18(12)13)24-15-2-1-3-17-11(15)8-9-25-17/h1-3,5,7-9,14,20-21H,4,6,10H2. The van der Waals surface area contributed by atoms with Gasteiger partial charge < -0.3 is 9.84 Å². The summed E-state index contributed by atoms with van der Waals surface area (Å²) >= 11 is 1.62. The van der Waals surface area contributed by atoms with Crippen LogP contribution in [-0.4, -0.2) is 19.5 Å². The van der Waals surface area contributed by atoms with Crippen LogP contribution >= 0.6 is 11.3 Å². The molecule has 0 saturated carbocycles. The van der Waals surface area contributed by atoms with E-state index in [1.54, 1.807) is 17.4 Å². The number of benzene rings is 2. The number of anilines is 1. The van der Waals surface area contributed by atoms with Crippen molar-refractivity contribution >= 4 is 37.1 Å². The Balaban J connectivity index is 1.76. The number of aliphatic hydroxyl groups is 1. The van der Waals surface area contributed by atoms with Crippen molar-refractivity contribution in [1.29, 1.82) is 0 Å². The van der Waals surface area contributed by atoms with E-state index in [2.05, 4.69) is 4.72 Å². The second-order valence-electron chi connectivity index (χ2n) is 6.07. The van der Waals surface area contributed by atoms with E-state index in [1.807, 2.05) is 29.6 Å². The van der Waals surface area contributed by atoms with Gasteiger partial charge in [0.1, 0.15) is 11.5 Å². The van der Waals surface area contributed by atoms with Crippen LogP contribution in [0.3, 0.4) is 0 Å². The molecular formula is C18H16FNO4S2. The molecule has 2 aromatic carbocycles. The van der Waals surface area contributed by atoms with Crippen molar-refractivity contribution in [2.75, 3.05) is 10.7 Å². The molecule has 8 heteroatoms. The molecule has 1 aliphatic rings. The van der Waals surface area contributed by atoms with Gasteiger partial charge >= 0.3 is 0 Å². The Labute approximate surface area is 154 Å². The lowest BCUT2D eigenvalue weighted by atomic mass is 10.1. The van der Waals surface area contributed by atoms with Gasteiger partial charge in [-0.1, -0.05) is 6.07 Å². The minimum atomic E-state index is -4.08. The Hall–Kier alpha value is -2.16. The normalized spacial score (nSPS) is 16.6. The number of nitrogens with one attached hydrogen (secondary N) is 1. The largest absolute Gasteiger partial charge is 0.456 e. The van der Waals surface area contributed by atoms with Gasteiger partial charge in [0.15, 0.2) is 0 Å². The molecule has 0 aliphatic heterocycles. The number of ether oxygens (including phenoxy) is 1. The zero-order chi connectivity index (χ0) is 18.3. The molecule has 136 valence electrons. The molecule has 0 bridgehead atoms. The van der Waals surface area contributed by atoms with E-state index in [1.165, 1.54) is 6.07 Å². The fourth-order valence-corrected chi connectivity index (χ4v) is 4.63. The third kappa shape index (κ3) is 3.04. The number of alkyl halides is 1. The maximum atomic E-state index is 12.7. The number of hydrogen-bond donors (Lipinski definition) is 2. The molecule has 5 nitrogen and oxygen atoms in total. The number of rotatable bonds is 5. The molecule has 0 fully saturated rings. The summed E-state index contributed by atoms with van der Waals surface area (Å²) in [6.07, 6.45) is 0.196. The van der Waals surface area contributed by atoms with Gasteiger partial charge in [0.2, 0.25) is 6.01 Å². The first-order chi connectivity index (χ1) is 12.5. The number of fused-ring (bicyclic) bond motifs is 2. The highest BCUT2D eigenvalue weighted by Crippen LogP contribution is 2.44. The summed E-state index contributed by atoms with van der Waals surface area (Å²) in [7, 11) is -4.08. The van der Waals surface area contributed by atoms with Gasteiger partial charge in [-0.15, -0.1) is 11.3 Å². The van der Waals surface area contributed by atoms with E-state index in [0.717, 1.165) is 15.6 Å². The summed E-state index contributed by atoms with van der Waals surface area (Å²) in [6, 6.07) is 9.40. The molecule has 3 aromatic rings. The summed E-state index contributed by atoms with van der Waals surface area (Å²) < 4.78 is 45.2. The Morgan fingerprint density at radius 3 is 2.88 bits per heavy atom. The summed E-state index contributed by atoms with van der Waals surface area (Å²) in [6.45, 7) is 0. The lowest BCUT2D eigenvalue weighted by molar-refractivity contribution is 0.180. The Kier molecular flexibility index (Phi) is 4.34. The number of thiophene rings is 1.